The Morgan fingerprint density at radius 2 is 1.79 bits per heavy atom. The van der Waals surface area contributed by atoms with Gasteiger partial charge >= 0.3 is 0 Å². The van der Waals surface area contributed by atoms with Crippen LogP contribution in [0.2, 0.25) is 0 Å². The molecule has 1 aliphatic heterocycles. The molecule has 2 aromatic carbocycles. The van der Waals surface area contributed by atoms with Crippen LogP contribution in [0.3, 0.4) is 0 Å². The molecule has 3 heterocycles. The average molecular weight is 406 g/mol. The summed E-state index contributed by atoms with van der Waals surface area (Å²) in [6.45, 7) is 1.39. The quantitative estimate of drug-likeness (QED) is 0.498. The van der Waals surface area contributed by atoms with Gasteiger partial charge in [-0.05, 0) is 55.3 Å². The number of fused-ring (bicyclic) bond motifs is 1. The number of aromatic nitrogens is 3. The molecule has 0 aliphatic carbocycles. The van der Waals surface area contributed by atoms with E-state index in [1.54, 1.807) is 40.4 Å². The third-order valence-corrected chi connectivity index (χ3v) is 6.54. The van der Waals surface area contributed by atoms with E-state index in [1.165, 1.54) is 21.8 Å². The number of hydrogen-bond donors (Lipinski definition) is 0. The van der Waals surface area contributed by atoms with Crippen LogP contribution in [0.5, 0.6) is 0 Å². The van der Waals surface area contributed by atoms with Gasteiger partial charge in [-0.25, -0.2) is 14.1 Å². The maximum Gasteiger partial charge on any atom is 0.274 e. The van der Waals surface area contributed by atoms with Crippen LogP contribution in [0, 0.1) is 5.82 Å². The summed E-state index contributed by atoms with van der Waals surface area (Å²) in [6, 6.07) is 16.0. The second-order valence-corrected chi connectivity index (χ2v) is 8.27. The van der Waals surface area contributed by atoms with Gasteiger partial charge in [0, 0.05) is 25.2 Å². The predicted octanol–water partition coefficient (Wildman–Crippen LogP) is 4.64. The standard InChI is InChI=1S/C22H19FN4OS/c23-16-5-7-17(8-6-16)27-14-11-19(25-27)22(28)26-12-9-15(10-13-26)21-24-18-3-1-2-4-20(18)29-21/h1-8,11,14-15H,9-10,12-13H2. The summed E-state index contributed by atoms with van der Waals surface area (Å²) in [5.74, 6) is 0.0371. The number of carbonyl (C=O) groups excluding carboxylic acids is 1. The first-order valence-electron chi connectivity index (χ1n) is 9.64. The Bertz CT molecular complexity index is 1130. The first-order chi connectivity index (χ1) is 14.2. The van der Waals surface area contributed by atoms with Gasteiger partial charge in [-0.1, -0.05) is 12.1 Å². The Kier molecular flexibility index (Phi) is 4.60. The lowest BCUT2D eigenvalue weighted by molar-refractivity contribution is 0.0706. The number of para-hydroxylation sites is 1. The molecule has 1 fully saturated rings. The number of amides is 1. The summed E-state index contributed by atoms with van der Waals surface area (Å²) in [7, 11) is 0. The molecular formula is C22H19FN4OS. The number of nitrogens with zero attached hydrogens (tertiary/aromatic N) is 4. The molecule has 0 atom stereocenters. The number of hydrogen-bond acceptors (Lipinski definition) is 4. The van der Waals surface area contributed by atoms with Gasteiger partial charge < -0.3 is 4.90 Å². The number of thiazole rings is 1. The van der Waals surface area contributed by atoms with Crippen molar-refractivity contribution in [3.8, 4) is 5.69 Å². The van der Waals surface area contributed by atoms with Crippen LogP contribution in [0.25, 0.3) is 15.9 Å². The fourth-order valence-corrected chi connectivity index (χ4v) is 4.87. The number of rotatable bonds is 3. The molecule has 0 unspecified atom stereocenters. The van der Waals surface area contributed by atoms with Crippen molar-refractivity contribution in [1.29, 1.82) is 0 Å². The Morgan fingerprint density at radius 3 is 2.55 bits per heavy atom. The van der Waals surface area contributed by atoms with E-state index in [1.807, 2.05) is 23.1 Å². The van der Waals surface area contributed by atoms with Crippen molar-refractivity contribution in [2.24, 2.45) is 0 Å². The topological polar surface area (TPSA) is 51.0 Å². The van der Waals surface area contributed by atoms with Gasteiger partial charge in [0.05, 0.1) is 20.9 Å². The van der Waals surface area contributed by atoms with Crippen LogP contribution in [0.1, 0.15) is 34.3 Å². The number of piperidine rings is 1. The highest BCUT2D eigenvalue weighted by Crippen LogP contribution is 2.34. The van der Waals surface area contributed by atoms with E-state index in [9.17, 15) is 9.18 Å². The summed E-state index contributed by atoms with van der Waals surface area (Å²) < 4.78 is 15.9. The van der Waals surface area contributed by atoms with Gasteiger partial charge in [-0.2, -0.15) is 5.10 Å². The van der Waals surface area contributed by atoms with E-state index in [4.69, 9.17) is 4.98 Å². The van der Waals surface area contributed by atoms with Crippen molar-refractivity contribution >= 4 is 27.5 Å². The Morgan fingerprint density at radius 1 is 1.03 bits per heavy atom. The molecule has 1 saturated heterocycles. The largest absolute Gasteiger partial charge is 0.337 e. The fourth-order valence-electron chi connectivity index (χ4n) is 3.73. The van der Waals surface area contributed by atoms with Gasteiger partial charge in [0.1, 0.15) is 5.82 Å². The number of carbonyl (C=O) groups is 1. The molecule has 29 heavy (non-hydrogen) atoms. The second-order valence-electron chi connectivity index (χ2n) is 7.21. The molecule has 7 heteroatoms. The molecule has 146 valence electrons. The lowest BCUT2D eigenvalue weighted by atomic mass is 9.97. The molecule has 4 aromatic rings. The number of benzene rings is 2. The minimum absolute atomic E-state index is 0.0615. The molecule has 1 amide bonds. The highest BCUT2D eigenvalue weighted by Gasteiger charge is 2.27. The predicted molar refractivity (Wildman–Crippen MR) is 111 cm³/mol. The van der Waals surface area contributed by atoms with Crippen LogP contribution in [-0.4, -0.2) is 38.7 Å². The zero-order chi connectivity index (χ0) is 19.8. The van der Waals surface area contributed by atoms with E-state index < -0.39 is 0 Å². The van der Waals surface area contributed by atoms with Crippen molar-refractivity contribution in [2.75, 3.05) is 13.1 Å². The van der Waals surface area contributed by atoms with Gasteiger partial charge in [0.25, 0.3) is 5.91 Å². The van der Waals surface area contributed by atoms with Gasteiger partial charge in [-0.3, -0.25) is 4.79 Å². The maximum atomic E-state index is 13.1. The summed E-state index contributed by atoms with van der Waals surface area (Å²) in [5.41, 5.74) is 2.19. The van der Waals surface area contributed by atoms with Crippen LogP contribution in [0.15, 0.2) is 60.8 Å². The molecule has 5 nitrogen and oxygen atoms in total. The van der Waals surface area contributed by atoms with E-state index in [-0.39, 0.29) is 11.7 Å². The zero-order valence-electron chi connectivity index (χ0n) is 15.7. The lowest BCUT2D eigenvalue weighted by Gasteiger charge is -2.30. The molecule has 0 bridgehead atoms. The van der Waals surface area contributed by atoms with E-state index in [0.29, 0.717) is 24.7 Å². The monoisotopic (exact) mass is 406 g/mol. The van der Waals surface area contributed by atoms with Crippen molar-refractivity contribution < 1.29 is 9.18 Å². The summed E-state index contributed by atoms with van der Waals surface area (Å²) in [6.07, 6.45) is 3.54. The van der Waals surface area contributed by atoms with E-state index in [2.05, 4.69) is 11.2 Å². The van der Waals surface area contributed by atoms with Gasteiger partial charge in [0.2, 0.25) is 0 Å². The minimum Gasteiger partial charge on any atom is -0.337 e. The van der Waals surface area contributed by atoms with Gasteiger partial charge in [-0.15, -0.1) is 11.3 Å². The highest BCUT2D eigenvalue weighted by molar-refractivity contribution is 7.18. The Balaban J connectivity index is 1.26. The summed E-state index contributed by atoms with van der Waals surface area (Å²) >= 11 is 1.75. The molecule has 0 spiro atoms. The fraction of sp³-hybridized carbons (Fsp3) is 0.227. The van der Waals surface area contributed by atoms with E-state index in [0.717, 1.165) is 24.0 Å². The SMILES string of the molecule is O=C(c1ccn(-c2ccc(F)cc2)n1)N1CCC(c2nc3ccccc3s2)CC1. The number of halogens is 1. The van der Waals surface area contributed by atoms with E-state index >= 15 is 0 Å². The highest BCUT2D eigenvalue weighted by atomic mass is 32.1. The van der Waals surface area contributed by atoms with Gasteiger partial charge in [0.15, 0.2) is 5.69 Å². The lowest BCUT2D eigenvalue weighted by Crippen LogP contribution is -2.38. The zero-order valence-corrected chi connectivity index (χ0v) is 16.5. The minimum atomic E-state index is -0.298. The first-order valence-corrected chi connectivity index (χ1v) is 10.5. The Labute approximate surface area is 171 Å². The molecular weight excluding hydrogens is 387 g/mol. The maximum absolute atomic E-state index is 13.1. The van der Waals surface area contributed by atoms with Crippen LogP contribution in [0.4, 0.5) is 4.39 Å². The average Bonchev–Trinajstić information content (AvgIpc) is 3.41. The third-order valence-electron chi connectivity index (χ3n) is 5.34. The number of likely N-dealkylation sites (tertiary alicyclic amines) is 1. The summed E-state index contributed by atoms with van der Waals surface area (Å²) in [4.78, 5) is 19.5. The third kappa shape index (κ3) is 3.53. The Hall–Kier alpha value is -3.06. The van der Waals surface area contributed by atoms with Crippen molar-refractivity contribution in [2.45, 2.75) is 18.8 Å². The van der Waals surface area contributed by atoms with Crippen LogP contribution < -0.4 is 0 Å². The van der Waals surface area contributed by atoms with Crippen molar-refractivity contribution in [3.05, 3.63) is 77.3 Å². The van der Waals surface area contributed by atoms with Crippen molar-refractivity contribution in [3.63, 3.8) is 0 Å². The molecule has 0 N–H and O–H groups in total. The smallest absolute Gasteiger partial charge is 0.274 e. The summed E-state index contributed by atoms with van der Waals surface area (Å²) in [5, 5.41) is 5.55. The normalized spacial score (nSPS) is 15.1. The van der Waals surface area contributed by atoms with Crippen molar-refractivity contribution in [1.82, 2.24) is 19.7 Å². The first kappa shape index (κ1) is 18.0. The molecule has 1 aliphatic rings. The van der Waals surface area contributed by atoms with Crippen LogP contribution >= 0.6 is 11.3 Å². The molecule has 5 rings (SSSR count). The molecule has 2 aromatic heterocycles. The second kappa shape index (κ2) is 7.40. The molecule has 0 radical (unpaired) electrons. The van der Waals surface area contributed by atoms with Crippen LogP contribution in [-0.2, 0) is 0 Å². The molecule has 0 saturated carbocycles.